The van der Waals surface area contributed by atoms with Crippen molar-refractivity contribution >= 4 is 50.8 Å². The van der Waals surface area contributed by atoms with E-state index in [1.165, 1.54) is 38.3 Å². The van der Waals surface area contributed by atoms with Gasteiger partial charge in [0, 0.05) is 43.3 Å². The minimum Gasteiger partial charge on any atom is -0.395 e. The summed E-state index contributed by atoms with van der Waals surface area (Å²) in [5.74, 6) is 0.788. The minimum atomic E-state index is -3.74. The summed E-state index contributed by atoms with van der Waals surface area (Å²) in [6, 6.07) is 5.47. The summed E-state index contributed by atoms with van der Waals surface area (Å²) in [5.41, 5.74) is 1.94. The van der Waals surface area contributed by atoms with Crippen molar-refractivity contribution in [2.24, 2.45) is 10.8 Å². The van der Waals surface area contributed by atoms with E-state index in [4.69, 9.17) is 10.1 Å². The Kier molecular flexibility index (Phi) is 6.91. The second-order valence-electron chi connectivity index (χ2n) is 11.6. The zero-order valence-electron chi connectivity index (χ0n) is 22.3. The van der Waals surface area contributed by atoms with Crippen molar-refractivity contribution in [3.63, 3.8) is 0 Å². The van der Waals surface area contributed by atoms with E-state index in [1.54, 1.807) is 17.8 Å². The third-order valence-corrected chi connectivity index (χ3v) is 10.9. The molecule has 2 spiro atoms. The number of aliphatic hydroxyl groups is 1. The molecule has 0 atom stereocenters. The number of thioether (sulfide) groups is 1. The highest BCUT2D eigenvalue weighted by molar-refractivity contribution is 7.98. The third kappa shape index (κ3) is 5.69. The van der Waals surface area contributed by atoms with E-state index in [-0.39, 0.29) is 11.7 Å². The summed E-state index contributed by atoms with van der Waals surface area (Å²) in [4.78, 5) is 28.3. The van der Waals surface area contributed by atoms with E-state index in [1.807, 2.05) is 18.4 Å². The lowest BCUT2D eigenvalue weighted by atomic mass is 9.93. The Balaban J connectivity index is 1.26. The molecular formula is C27H36N6O4S2. The topological polar surface area (TPSA) is 128 Å². The monoisotopic (exact) mass is 572 g/mol. The lowest BCUT2D eigenvalue weighted by Crippen LogP contribution is -2.36. The lowest BCUT2D eigenvalue weighted by Gasteiger charge is -2.35. The van der Waals surface area contributed by atoms with Crippen molar-refractivity contribution in [2.75, 3.05) is 64.6 Å². The van der Waals surface area contributed by atoms with Gasteiger partial charge in [-0.2, -0.15) is 0 Å². The highest BCUT2D eigenvalue weighted by atomic mass is 32.2. The molecule has 0 bridgehead atoms. The van der Waals surface area contributed by atoms with E-state index in [0.717, 1.165) is 49.7 Å². The summed E-state index contributed by atoms with van der Waals surface area (Å²) in [6.45, 7) is 3.11. The number of aliphatic hydroxyl groups excluding tert-OH is 1. The van der Waals surface area contributed by atoms with Crippen LogP contribution in [-0.4, -0.2) is 74.2 Å². The van der Waals surface area contributed by atoms with Gasteiger partial charge in [0.1, 0.15) is 17.5 Å². The van der Waals surface area contributed by atoms with E-state index in [2.05, 4.69) is 24.8 Å². The quantitative estimate of drug-likeness (QED) is 0.387. The van der Waals surface area contributed by atoms with Gasteiger partial charge in [0.2, 0.25) is 10.0 Å². The van der Waals surface area contributed by atoms with Crippen LogP contribution < -0.4 is 19.8 Å². The highest BCUT2D eigenvalue weighted by Crippen LogP contribution is 2.54. The van der Waals surface area contributed by atoms with Crippen molar-refractivity contribution in [1.82, 2.24) is 9.97 Å². The van der Waals surface area contributed by atoms with Crippen LogP contribution in [0.2, 0.25) is 0 Å². The molecule has 2 saturated carbocycles. The molecule has 4 aliphatic rings. The van der Waals surface area contributed by atoms with E-state index in [9.17, 15) is 13.2 Å². The second-order valence-corrected chi connectivity index (χ2v) is 14.3. The summed E-state index contributed by atoms with van der Waals surface area (Å²) in [6.07, 6.45) is 11.9. The molecule has 0 unspecified atom stereocenters. The first-order valence-corrected chi connectivity index (χ1v) is 16.6. The smallest absolute Gasteiger partial charge is 0.260 e. The molecular weight excluding hydrogens is 536 g/mol. The number of nitrogens with zero attached hydrogens (tertiary/aromatic N) is 4. The second kappa shape index (κ2) is 10.1. The number of carbonyl (C=O) groups excluding carboxylic acids is 1. The largest absolute Gasteiger partial charge is 0.395 e. The summed E-state index contributed by atoms with van der Waals surface area (Å²) in [5, 5.41) is 12.1. The standard InChI is InChI=1S/C27H36N6O4S2/c1-38-21-2-3-22(29-24(21)33-13-10-27(18-33)6-7-27)30-25(35)19-17-28-23(31-39(36,37)15-14-34)16-20(19)32-11-8-26(4-5-26)9-12-32/h2-3,16-17,34H,4-15,18H2,1H3,(H,28,31)(H,29,30,35). The number of nitrogens with one attached hydrogen (secondary N) is 2. The predicted molar refractivity (Wildman–Crippen MR) is 154 cm³/mol. The van der Waals surface area contributed by atoms with Gasteiger partial charge in [-0.3, -0.25) is 9.52 Å². The Bertz CT molecular complexity index is 1370. The zero-order valence-corrected chi connectivity index (χ0v) is 23.9. The molecule has 2 aromatic heterocycles. The fourth-order valence-corrected chi connectivity index (χ4v) is 7.28. The van der Waals surface area contributed by atoms with Crippen LogP contribution in [0.5, 0.6) is 0 Å². The van der Waals surface area contributed by atoms with Gasteiger partial charge >= 0.3 is 0 Å². The Morgan fingerprint density at radius 1 is 1.03 bits per heavy atom. The average molecular weight is 573 g/mol. The van der Waals surface area contributed by atoms with Crippen LogP contribution in [0.3, 0.4) is 0 Å². The normalized spacial score (nSPS) is 20.9. The maximum absolute atomic E-state index is 13.6. The van der Waals surface area contributed by atoms with Crippen LogP contribution in [0.25, 0.3) is 0 Å². The zero-order chi connectivity index (χ0) is 27.3. The maximum Gasteiger partial charge on any atom is 0.260 e. The molecule has 10 nitrogen and oxygen atoms in total. The number of rotatable bonds is 9. The van der Waals surface area contributed by atoms with Gasteiger partial charge in [-0.25, -0.2) is 18.4 Å². The van der Waals surface area contributed by atoms with E-state index < -0.39 is 22.4 Å². The molecule has 2 aromatic rings. The number of piperidine rings is 1. The van der Waals surface area contributed by atoms with Crippen LogP contribution in [0.15, 0.2) is 29.3 Å². The van der Waals surface area contributed by atoms with Crippen LogP contribution in [-0.2, 0) is 10.0 Å². The summed E-state index contributed by atoms with van der Waals surface area (Å²) in [7, 11) is -3.74. The first kappa shape index (κ1) is 26.6. The van der Waals surface area contributed by atoms with Crippen LogP contribution >= 0.6 is 11.8 Å². The molecule has 3 N–H and O–H groups in total. The fraction of sp³-hybridized carbons (Fsp3) is 0.593. The molecule has 0 radical (unpaired) electrons. The van der Waals surface area contributed by atoms with Gasteiger partial charge in [0.05, 0.1) is 23.6 Å². The number of pyridine rings is 2. The SMILES string of the molecule is CSc1ccc(NC(=O)c2cnc(NS(=O)(=O)CCO)cc2N2CCC3(CC2)CC3)nc1N1CCC2(CC2)C1. The van der Waals surface area contributed by atoms with Crippen LogP contribution in [0, 0.1) is 10.8 Å². The number of sulfonamides is 1. The number of carbonyl (C=O) groups is 1. The van der Waals surface area contributed by atoms with Crippen molar-refractivity contribution in [1.29, 1.82) is 0 Å². The van der Waals surface area contributed by atoms with E-state index in [0.29, 0.717) is 27.9 Å². The third-order valence-electron chi connectivity index (χ3n) is 8.86. The molecule has 2 aliphatic carbocycles. The number of hydrogen-bond donors (Lipinski definition) is 3. The number of hydrogen-bond acceptors (Lipinski definition) is 9. The Morgan fingerprint density at radius 3 is 2.36 bits per heavy atom. The molecule has 6 rings (SSSR count). The average Bonchev–Trinajstić information content (AvgIpc) is 3.81. The van der Waals surface area contributed by atoms with Crippen LogP contribution in [0.1, 0.15) is 55.3 Å². The van der Waals surface area contributed by atoms with Gasteiger partial charge in [-0.15, -0.1) is 11.8 Å². The van der Waals surface area contributed by atoms with E-state index >= 15 is 0 Å². The van der Waals surface area contributed by atoms with Crippen LogP contribution in [0.4, 0.5) is 23.1 Å². The van der Waals surface area contributed by atoms with Gasteiger partial charge < -0.3 is 20.2 Å². The van der Waals surface area contributed by atoms with Crippen molar-refractivity contribution < 1.29 is 18.3 Å². The fourth-order valence-electron chi connectivity index (χ4n) is 5.94. The van der Waals surface area contributed by atoms with Gasteiger partial charge in [0.25, 0.3) is 5.91 Å². The molecule has 210 valence electrons. The van der Waals surface area contributed by atoms with Crippen molar-refractivity contribution in [3.8, 4) is 0 Å². The molecule has 2 saturated heterocycles. The summed E-state index contributed by atoms with van der Waals surface area (Å²) >= 11 is 1.66. The summed E-state index contributed by atoms with van der Waals surface area (Å²) < 4.78 is 26.9. The minimum absolute atomic E-state index is 0.134. The number of anilines is 4. The molecule has 4 fully saturated rings. The Labute approximate surface area is 234 Å². The number of amides is 1. The predicted octanol–water partition coefficient (Wildman–Crippen LogP) is 3.56. The molecule has 2 aliphatic heterocycles. The molecule has 4 heterocycles. The Morgan fingerprint density at radius 2 is 1.72 bits per heavy atom. The van der Waals surface area contributed by atoms with Crippen molar-refractivity contribution in [2.45, 2.75) is 49.8 Å². The first-order chi connectivity index (χ1) is 18.7. The Hall–Kier alpha value is -2.57. The number of aromatic nitrogens is 2. The van der Waals surface area contributed by atoms with Gasteiger partial charge in [0.15, 0.2) is 0 Å². The highest BCUT2D eigenvalue weighted by Gasteiger charge is 2.48. The van der Waals surface area contributed by atoms with Gasteiger partial charge in [-0.1, -0.05) is 0 Å². The van der Waals surface area contributed by atoms with Crippen molar-refractivity contribution in [3.05, 3.63) is 30.0 Å². The molecule has 39 heavy (non-hydrogen) atoms. The molecule has 1 amide bonds. The molecule has 12 heteroatoms. The lowest BCUT2D eigenvalue weighted by molar-refractivity contribution is 0.102. The molecule has 0 aromatic carbocycles. The maximum atomic E-state index is 13.6. The first-order valence-electron chi connectivity index (χ1n) is 13.7. The van der Waals surface area contributed by atoms with Gasteiger partial charge in [-0.05, 0) is 74.2 Å².